The number of pyridine rings is 1. The number of piperidine rings is 1. The number of nitrogens with one attached hydrogen (secondary N) is 2. The van der Waals surface area contributed by atoms with E-state index in [9.17, 15) is 18.3 Å². The second kappa shape index (κ2) is 8.32. The van der Waals surface area contributed by atoms with Gasteiger partial charge in [0, 0.05) is 25.4 Å². The van der Waals surface area contributed by atoms with Crippen LogP contribution in [0.1, 0.15) is 25.0 Å². The van der Waals surface area contributed by atoms with Gasteiger partial charge in [0.15, 0.2) is 0 Å². The van der Waals surface area contributed by atoms with E-state index in [2.05, 4.69) is 15.0 Å². The summed E-state index contributed by atoms with van der Waals surface area (Å²) < 4.78 is 32.2. The lowest BCUT2D eigenvalue weighted by atomic mass is 10.1. The molecule has 2 aromatic rings. The fraction of sp³-hybridized carbons (Fsp3) is 0.500. The molecule has 2 aromatic heterocycles. The summed E-state index contributed by atoms with van der Waals surface area (Å²) in [6.45, 7) is 0.764. The molecule has 9 nitrogen and oxygen atoms in total. The monoisotopic (exact) mass is 416 g/mol. The van der Waals surface area contributed by atoms with Crippen molar-refractivity contribution in [2.75, 3.05) is 18.8 Å². The molecular formula is C16H21ClN4O5S. The highest BCUT2D eigenvalue weighted by molar-refractivity contribution is 7.89. The molecule has 3 rings (SSSR count). The minimum atomic E-state index is -3.40. The number of aromatic nitrogens is 3. The molecule has 3 heterocycles. The Morgan fingerprint density at radius 1 is 1.30 bits per heavy atom. The predicted molar refractivity (Wildman–Crippen MR) is 99.7 cm³/mol. The molecule has 1 fully saturated rings. The van der Waals surface area contributed by atoms with Crippen molar-refractivity contribution in [1.82, 2.24) is 19.3 Å². The Balaban J connectivity index is 1.46. The Morgan fingerprint density at radius 3 is 2.63 bits per heavy atom. The molecule has 0 atom stereocenters. The first-order valence-electron chi connectivity index (χ1n) is 8.59. The van der Waals surface area contributed by atoms with Gasteiger partial charge in [0.2, 0.25) is 21.8 Å². The molecule has 0 aromatic carbocycles. The molecule has 148 valence electrons. The highest BCUT2D eigenvalue weighted by Gasteiger charge is 2.28. The van der Waals surface area contributed by atoms with Gasteiger partial charge < -0.3 is 14.8 Å². The summed E-state index contributed by atoms with van der Waals surface area (Å²) in [5.41, 5.74) is -0.194. The van der Waals surface area contributed by atoms with Crippen molar-refractivity contribution in [3.63, 3.8) is 0 Å². The largest absolute Gasteiger partial charge is 0.493 e. The van der Waals surface area contributed by atoms with Gasteiger partial charge in [-0.3, -0.25) is 4.98 Å². The number of nitrogens with zero attached hydrogens (tertiary/aromatic N) is 2. The molecule has 3 N–H and O–H groups in total. The van der Waals surface area contributed by atoms with Crippen LogP contribution in [0.15, 0.2) is 23.1 Å². The Hall–Kier alpha value is -2.04. The number of hydrogen-bond acceptors (Lipinski definition) is 6. The number of halogens is 1. The van der Waals surface area contributed by atoms with Gasteiger partial charge in [0.25, 0.3) is 0 Å². The van der Waals surface area contributed by atoms with Crippen LogP contribution in [-0.2, 0) is 16.4 Å². The number of aromatic hydroxyl groups is 1. The molecule has 0 radical (unpaired) electrons. The van der Waals surface area contributed by atoms with Gasteiger partial charge in [-0.05, 0) is 31.7 Å². The van der Waals surface area contributed by atoms with E-state index in [0.29, 0.717) is 48.9 Å². The standard InChI is InChI=1S/C16H21ClN4O5S/c17-11-3-4-14(18-10-11)26-12-5-7-21(8-6-12)27(24,25)9-1-2-13-15(22)20-16(23)19-13/h3-4,10,12,22H,1-2,5-9H2,(H2,19,20,23). The first-order valence-corrected chi connectivity index (χ1v) is 10.6. The summed E-state index contributed by atoms with van der Waals surface area (Å²) in [6.07, 6.45) is 3.14. The van der Waals surface area contributed by atoms with E-state index in [-0.39, 0.29) is 24.2 Å². The van der Waals surface area contributed by atoms with E-state index in [4.69, 9.17) is 16.3 Å². The van der Waals surface area contributed by atoms with Crippen LogP contribution in [0, 0.1) is 0 Å². The van der Waals surface area contributed by atoms with Gasteiger partial charge >= 0.3 is 5.69 Å². The van der Waals surface area contributed by atoms with Crippen molar-refractivity contribution < 1.29 is 18.3 Å². The SMILES string of the molecule is O=c1[nH]c(O)c(CCCS(=O)(=O)N2CCC(Oc3ccc(Cl)cn3)CC2)[nH]1. The summed E-state index contributed by atoms with van der Waals surface area (Å²) >= 11 is 5.79. The molecule has 1 saturated heterocycles. The van der Waals surface area contributed by atoms with Crippen molar-refractivity contribution in [2.45, 2.75) is 31.8 Å². The quantitative estimate of drug-likeness (QED) is 0.623. The van der Waals surface area contributed by atoms with Gasteiger partial charge in [0.05, 0.1) is 16.5 Å². The second-order valence-electron chi connectivity index (χ2n) is 6.36. The highest BCUT2D eigenvalue weighted by Crippen LogP contribution is 2.21. The number of ether oxygens (including phenoxy) is 1. The van der Waals surface area contributed by atoms with E-state index < -0.39 is 15.7 Å². The Labute approximate surface area is 161 Å². The third-order valence-corrected chi connectivity index (χ3v) is 6.57. The molecule has 27 heavy (non-hydrogen) atoms. The first kappa shape index (κ1) is 19.7. The maximum absolute atomic E-state index is 12.5. The molecule has 11 heteroatoms. The van der Waals surface area contributed by atoms with E-state index in [1.807, 2.05) is 0 Å². The van der Waals surface area contributed by atoms with Gasteiger partial charge in [0.1, 0.15) is 6.10 Å². The lowest BCUT2D eigenvalue weighted by molar-refractivity contribution is 0.130. The van der Waals surface area contributed by atoms with Crippen molar-refractivity contribution in [1.29, 1.82) is 0 Å². The van der Waals surface area contributed by atoms with E-state index >= 15 is 0 Å². The van der Waals surface area contributed by atoms with Crippen molar-refractivity contribution in [3.8, 4) is 11.8 Å². The molecule has 0 saturated carbocycles. The van der Waals surface area contributed by atoms with Crippen molar-refractivity contribution in [2.24, 2.45) is 0 Å². The molecule has 0 spiro atoms. The molecule has 1 aliphatic rings. The zero-order valence-corrected chi connectivity index (χ0v) is 16.1. The van der Waals surface area contributed by atoms with Crippen LogP contribution < -0.4 is 10.4 Å². The van der Waals surface area contributed by atoms with Gasteiger partial charge in [-0.25, -0.2) is 22.5 Å². The van der Waals surface area contributed by atoms with Crippen LogP contribution >= 0.6 is 11.6 Å². The van der Waals surface area contributed by atoms with Crippen LogP contribution in [-0.4, -0.2) is 57.7 Å². The zero-order valence-electron chi connectivity index (χ0n) is 14.5. The lowest BCUT2D eigenvalue weighted by Crippen LogP contribution is -2.42. The average Bonchev–Trinajstić information content (AvgIpc) is 2.95. The molecular weight excluding hydrogens is 396 g/mol. The topological polar surface area (TPSA) is 128 Å². The fourth-order valence-corrected chi connectivity index (χ4v) is 4.63. The van der Waals surface area contributed by atoms with Gasteiger partial charge in [-0.1, -0.05) is 11.6 Å². The Morgan fingerprint density at radius 2 is 2.04 bits per heavy atom. The molecule has 0 bridgehead atoms. The number of sulfonamides is 1. The third-order valence-electron chi connectivity index (χ3n) is 4.39. The minimum absolute atomic E-state index is 0.0517. The summed E-state index contributed by atoms with van der Waals surface area (Å²) in [5, 5.41) is 10.0. The van der Waals surface area contributed by atoms with Gasteiger partial charge in [-0.2, -0.15) is 0 Å². The number of imidazole rings is 1. The van der Waals surface area contributed by atoms with Crippen LogP contribution in [0.4, 0.5) is 0 Å². The van der Waals surface area contributed by atoms with Crippen molar-refractivity contribution >= 4 is 21.6 Å². The molecule has 0 aliphatic carbocycles. The summed E-state index contributed by atoms with van der Waals surface area (Å²) in [4.78, 5) is 19.8. The zero-order chi connectivity index (χ0) is 19.4. The summed E-state index contributed by atoms with van der Waals surface area (Å²) in [7, 11) is -3.40. The number of rotatable bonds is 7. The normalized spacial score (nSPS) is 16.5. The maximum Gasteiger partial charge on any atom is 0.325 e. The number of H-pyrrole nitrogens is 2. The lowest BCUT2D eigenvalue weighted by Gasteiger charge is -2.31. The molecule has 0 amide bonds. The van der Waals surface area contributed by atoms with Crippen molar-refractivity contribution in [3.05, 3.63) is 39.5 Å². The molecule has 1 aliphatic heterocycles. The van der Waals surface area contributed by atoms with Crippen LogP contribution in [0.5, 0.6) is 11.8 Å². The van der Waals surface area contributed by atoms with Crippen LogP contribution in [0.25, 0.3) is 0 Å². The maximum atomic E-state index is 12.5. The predicted octanol–water partition coefficient (Wildman–Crippen LogP) is 1.26. The minimum Gasteiger partial charge on any atom is -0.493 e. The third kappa shape index (κ3) is 5.24. The van der Waals surface area contributed by atoms with Gasteiger partial charge in [-0.15, -0.1) is 0 Å². The van der Waals surface area contributed by atoms with E-state index in [0.717, 1.165) is 0 Å². The smallest absolute Gasteiger partial charge is 0.325 e. The highest BCUT2D eigenvalue weighted by atomic mass is 35.5. The average molecular weight is 417 g/mol. The first-order chi connectivity index (χ1) is 12.8. The number of aromatic amines is 2. The molecule has 0 unspecified atom stereocenters. The summed E-state index contributed by atoms with van der Waals surface area (Å²) in [5.74, 6) is 0.177. The number of aryl methyl sites for hydroxylation is 1. The fourth-order valence-electron chi connectivity index (χ4n) is 2.98. The van der Waals surface area contributed by atoms with Crippen LogP contribution in [0.2, 0.25) is 5.02 Å². The second-order valence-corrected chi connectivity index (χ2v) is 8.88. The summed E-state index contributed by atoms with van der Waals surface area (Å²) in [6, 6.07) is 3.38. The van der Waals surface area contributed by atoms with Crippen LogP contribution in [0.3, 0.4) is 0 Å². The van der Waals surface area contributed by atoms with E-state index in [1.54, 1.807) is 12.1 Å². The Bertz CT molecular complexity index is 917. The number of hydrogen-bond donors (Lipinski definition) is 3. The Kier molecular flexibility index (Phi) is 6.08. The van der Waals surface area contributed by atoms with E-state index in [1.165, 1.54) is 10.5 Å².